The van der Waals surface area contributed by atoms with Crippen LogP contribution in [-0.2, 0) is 24.1 Å². The van der Waals surface area contributed by atoms with E-state index in [-0.39, 0.29) is 30.1 Å². The molecule has 0 aromatic carbocycles. The Kier molecular flexibility index (Phi) is 11.6. The number of carbonyl (C=O) groups is 1. The smallest absolute Gasteiger partial charge is 0.410 e. The van der Waals surface area contributed by atoms with Gasteiger partial charge in [-0.15, -0.1) is 24.0 Å². The minimum atomic E-state index is -0.455. The zero-order valence-electron chi connectivity index (χ0n) is 19.9. The van der Waals surface area contributed by atoms with Crippen molar-refractivity contribution in [1.82, 2.24) is 20.7 Å². The van der Waals surface area contributed by atoms with Gasteiger partial charge in [-0.25, -0.2) is 4.79 Å². The van der Waals surface area contributed by atoms with Crippen LogP contribution in [0.1, 0.15) is 70.9 Å². The Hall–Kier alpha value is -1.52. The Morgan fingerprint density at radius 1 is 1.29 bits per heavy atom. The van der Waals surface area contributed by atoms with Crippen LogP contribution in [0.5, 0.6) is 0 Å². The largest absolute Gasteiger partial charge is 0.444 e. The van der Waals surface area contributed by atoms with Gasteiger partial charge in [-0.3, -0.25) is 4.99 Å². The average molecular weight is 549 g/mol. The zero-order chi connectivity index (χ0) is 22.1. The maximum atomic E-state index is 12.3. The second-order valence-corrected chi connectivity index (χ2v) is 8.81. The van der Waals surface area contributed by atoms with E-state index in [9.17, 15) is 4.79 Å². The van der Waals surface area contributed by atoms with Crippen molar-refractivity contribution in [2.45, 2.75) is 78.9 Å². The molecule has 9 heteroatoms. The number of aromatic nitrogens is 1. The van der Waals surface area contributed by atoms with E-state index in [0.29, 0.717) is 12.5 Å². The van der Waals surface area contributed by atoms with Crippen LogP contribution in [0.4, 0.5) is 4.79 Å². The SMILES string of the molecule is CCc1noc(CC)c1CNC(=NC)NCCC1CCCN(C(=O)OC(C)(C)C)C1.I. The van der Waals surface area contributed by atoms with Gasteiger partial charge in [0.2, 0.25) is 0 Å². The van der Waals surface area contributed by atoms with Crippen LogP contribution in [0.15, 0.2) is 9.52 Å². The van der Waals surface area contributed by atoms with E-state index in [1.165, 1.54) is 0 Å². The van der Waals surface area contributed by atoms with Crippen molar-refractivity contribution in [1.29, 1.82) is 0 Å². The first kappa shape index (κ1) is 27.5. The van der Waals surface area contributed by atoms with E-state index in [1.807, 2.05) is 25.7 Å². The first-order valence-electron chi connectivity index (χ1n) is 11.2. The number of carbonyl (C=O) groups excluding carboxylic acids is 1. The minimum absolute atomic E-state index is 0. The molecular formula is C22H40IN5O3. The summed E-state index contributed by atoms with van der Waals surface area (Å²) in [7, 11) is 1.77. The number of aryl methyl sites for hydroxylation is 2. The number of halogens is 1. The predicted molar refractivity (Wildman–Crippen MR) is 134 cm³/mol. The molecule has 0 radical (unpaired) electrons. The number of likely N-dealkylation sites (tertiary alicyclic amines) is 1. The van der Waals surface area contributed by atoms with Crippen molar-refractivity contribution < 1.29 is 14.1 Å². The Labute approximate surface area is 203 Å². The highest BCUT2D eigenvalue weighted by atomic mass is 127. The van der Waals surface area contributed by atoms with Crippen LogP contribution in [-0.4, -0.2) is 54.4 Å². The van der Waals surface area contributed by atoms with Crippen LogP contribution < -0.4 is 10.6 Å². The Morgan fingerprint density at radius 2 is 2.03 bits per heavy atom. The highest BCUT2D eigenvalue weighted by molar-refractivity contribution is 14.0. The third-order valence-corrected chi connectivity index (χ3v) is 5.28. The van der Waals surface area contributed by atoms with Gasteiger partial charge in [0.1, 0.15) is 11.4 Å². The minimum Gasteiger partial charge on any atom is -0.444 e. The Balaban J connectivity index is 0.00000480. The molecule has 1 aromatic rings. The molecule has 0 bridgehead atoms. The number of guanidine groups is 1. The summed E-state index contributed by atoms with van der Waals surface area (Å²) in [5.74, 6) is 2.16. The Bertz CT molecular complexity index is 693. The monoisotopic (exact) mass is 549 g/mol. The summed E-state index contributed by atoms with van der Waals surface area (Å²) in [6.45, 7) is 12.8. The van der Waals surface area contributed by atoms with Crippen LogP contribution in [0.3, 0.4) is 0 Å². The van der Waals surface area contributed by atoms with Gasteiger partial charge in [0.05, 0.1) is 5.69 Å². The average Bonchev–Trinajstić information content (AvgIpc) is 3.11. The van der Waals surface area contributed by atoms with Crippen molar-refractivity contribution in [2.24, 2.45) is 10.9 Å². The molecule has 1 aliphatic heterocycles. The molecule has 178 valence electrons. The number of amides is 1. The molecule has 1 aromatic heterocycles. The van der Waals surface area contributed by atoms with Gasteiger partial charge in [0.25, 0.3) is 0 Å². The van der Waals surface area contributed by atoms with E-state index in [2.05, 4.69) is 34.6 Å². The zero-order valence-corrected chi connectivity index (χ0v) is 22.2. The van der Waals surface area contributed by atoms with Gasteiger partial charge in [0, 0.05) is 45.2 Å². The van der Waals surface area contributed by atoms with Crippen LogP contribution in [0, 0.1) is 5.92 Å². The van der Waals surface area contributed by atoms with E-state index >= 15 is 0 Å². The van der Waals surface area contributed by atoms with Crippen LogP contribution in [0.2, 0.25) is 0 Å². The molecule has 2 N–H and O–H groups in total. The summed E-state index contributed by atoms with van der Waals surface area (Å²) >= 11 is 0. The number of aliphatic imine (C=N–C) groups is 1. The molecule has 1 amide bonds. The summed E-state index contributed by atoms with van der Waals surface area (Å²) in [4.78, 5) is 18.5. The molecule has 1 aliphatic rings. The molecular weight excluding hydrogens is 509 g/mol. The lowest BCUT2D eigenvalue weighted by Gasteiger charge is -2.34. The number of rotatable bonds is 7. The molecule has 2 rings (SSSR count). The molecule has 8 nitrogen and oxygen atoms in total. The van der Waals surface area contributed by atoms with E-state index in [0.717, 1.165) is 74.7 Å². The molecule has 1 fully saturated rings. The number of nitrogens with zero attached hydrogens (tertiary/aromatic N) is 3. The topological polar surface area (TPSA) is 92.0 Å². The summed E-state index contributed by atoms with van der Waals surface area (Å²) in [5, 5.41) is 10.9. The van der Waals surface area contributed by atoms with Crippen molar-refractivity contribution in [3.8, 4) is 0 Å². The quantitative estimate of drug-likeness (QED) is 0.302. The highest BCUT2D eigenvalue weighted by Crippen LogP contribution is 2.21. The lowest BCUT2D eigenvalue weighted by molar-refractivity contribution is 0.0162. The van der Waals surface area contributed by atoms with E-state index in [4.69, 9.17) is 9.26 Å². The number of piperidine rings is 1. The fourth-order valence-electron chi connectivity index (χ4n) is 3.72. The highest BCUT2D eigenvalue weighted by Gasteiger charge is 2.27. The Morgan fingerprint density at radius 3 is 2.65 bits per heavy atom. The maximum absolute atomic E-state index is 12.3. The standard InChI is InChI=1S/C22H39N5O3.HI/c1-7-18-17(19(8-2)30-26-18)14-25-20(23-6)24-12-11-16-10-9-13-27(15-16)21(28)29-22(3,4)5;/h16H,7-15H2,1-6H3,(H2,23,24,25);1H. The van der Waals surface area contributed by atoms with Crippen LogP contribution in [0.25, 0.3) is 0 Å². The summed E-state index contributed by atoms with van der Waals surface area (Å²) in [6, 6.07) is 0. The molecule has 1 atom stereocenters. The molecule has 31 heavy (non-hydrogen) atoms. The van der Waals surface area contributed by atoms with E-state index in [1.54, 1.807) is 7.05 Å². The van der Waals surface area contributed by atoms with Gasteiger partial charge < -0.3 is 24.8 Å². The molecule has 0 aliphatic carbocycles. The molecule has 1 unspecified atom stereocenters. The van der Waals surface area contributed by atoms with Gasteiger partial charge in [-0.2, -0.15) is 0 Å². The van der Waals surface area contributed by atoms with Crippen molar-refractivity contribution in [3.05, 3.63) is 17.0 Å². The number of hydrogen-bond donors (Lipinski definition) is 2. The number of nitrogens with one attached hydrogen (secondary N) is 2. The first-order chi connectivity index (χ1) is 14.3. The molecule has 2 heterocycles. The van der Waals surface area contributed by atoms with Crippen molar-refractivity contribution in [2.75, 3.05) is 26.7 Å². The van der Waals surface area contributed by atoms with Gasteiger partial charge >= 0.3 is 6.09 Å². The van der Waals surface area contributed by atoms with E-state index < -0.39 is 5.60 Å². The molecule has 0 spiro atoms. The second kappa shape index (κ2) is 13.1. The third-order valence-electron chi connectivity index (χ3n) is 5.28. The van der Waals surface area contributed by atoms with Gasteiger partial charge in [-0.05, 0) is 52.4 Å². The number of hydrogen-bond acceptors (Lipinski definition) is 5. The van der Waals surface area contributed by atoms with Gasteiger partial charge in [0.15, 0.2) is 5.96 Å². The molecule has 1 saturated heterocycles. The molecule has 0 saturated carbocycles. The third kappa shape index (κ3) is 8.86. The van der Waals surface area contributed by atoms with Crippen molar-refractivity contribution >= 4 is 36.0 Å². The summed E-state index contributed by atoms with van der Waals surface area (Å²) in [5.41, 5.74) is 1.67. The lowest BCUT2D eigenvalue weighted by Crippen LogP contribution is -2.44. The summed E-state index contributed by atoms with van der Waals surface area (Å²) in [6.07, 6.45) is 4.60. The van der Waals surface area contributed by atoms with Crippen molar-refractivity contribution in [3.63, 3.8) is 0 Å². The normalized spacial score (nSPS) is 17.2. The first-order valence-corrected chi connectivity index (χ1v) is 11.2. The van der Waals surface area contributed by atoms with Crippen LogP contribution >= 0.6 is 24.0 Å². The number of ether oxygens (including phenoxy) is 1. The fraction of sp³-hybridized carbons (Fsp3) is 0.773. The summed E-state index contributed by atoms with van der Waals surface area (Å²) < 4.78 is 10.9. The predicted octanol–water partition coefficient (Wildman–Crippen LogP) is 4.12. The fourth-order valence-corrected chi connectivity index (χ4v) is 3.72. The maximum Gasteiger partial charge on any atom is 0.410 e. The lowest BCUT2D eigenvalue weighted by atomic mass is 9.95. The van der Waals surface area contributed by atoms with Gasteiger partial charge in [-0.1, -0.05) is 19.0 Å². The second-order valence-electron chi connectivity index (χ2n) is 8.81.